The standard InChI is InChI=1S/C9H11B/c1-3-8-4-7(2)5-9(10)6-8/h3-6H,1,10H2,2H3. The van der Waals surface area contributed by atoms with E-state index in [4.69, 9.17) is 0 Å². The van der Waals surface area contributed by atoms with Gasteiger partial charge in [-0.15, -0.1) is 0 Å². The quantitative estimate of drug-likeness (QED) is 0.495. The Morgan fingerprint density at radius 1 is 1.40 bits per heavy atom. The van der Waals surface area contributed by atoms with E-state index < -0.39 is 0 Å². The maximum atomic E-state index is 3.71. The SMILES string of the molecule is Bc1cc(C)cc(C=C)c1. The molecule has 1 aromatic rings. The molecule has 1 rings (SSSR count). The van der Waals surface area contributed by atoms with Gasteiger partial charge in [-0.1, -0.05) is 41.9 Å². The van der Waals surface area contributed by atoms with Crippen molar-refractivity contribution < 1.29 is 0 Å². The third kappa shape index (κ3) is 1.50. The van der Waals surface area contributed by atoms with E-state index in [0.717, 1.165) is 0 Å². The topological polar surface area (TPSA) is 0 Å². The maximum Gasteiger partial charge on any atom is 0.139 e. The van der Waals surface area contributed by atoms with Crippen LogP contribution in [-0.2, 0) is 0 Å². The number of benzene rings is 1. The van der Waals surface area contributed by atoms with Crippen molar-refractivity contribution in [3.8, 4) is 0 Å². The van der Waals surface area contributed by atoms with Gasteiger partial charge in [0, 0.05) is 0 Å². The van der Waals surface area contributed by atoms with Crippen molar-refractivity contribution in [2.24, 2.45) is 0 Å². The average Bonchev–Trinajstić information content (AvgIpc) is 1.85. The molecule has 0 spiro atoms. The third-order valence-corrected chi connectivity index (χ3v) is 1.48. The fourth-order valence-electron chi connectivity index (χ4n) is 1.13. The van der Waals surface area contributed by atoms with E-state index in [9.17, 15) is 0 Å². The summed E-state index contributed by atoms with van der Waals surface area (Å²) in [4.78, 5) is 0. The van der Waals surface area contributed by atoms with E-state index in [1.54, 1.807) is 0 Å². The average molecular weight is 130 g/mol. The van der Waals surface area contributed by atoms with E-state index in [0.29, 0.717) is 0 Å². The Hall–Kier alpha value is -0.975. The van der Waals surface area contributed by atoms with Crippen LogP contribution in [-0.4, -0.2) is 7.85 Å². The Morgan fingerprint density at radius 3 is 2.60 bits per heavy atom. The first-order valence-electron chi connectivity index (χ1n) is 3.43. The van der Waals surface area contributed by atoms with Crippen LogP contribution in [0.4, 0.5) is 0 Å². The van der Waals surface area contributed by atoms with E-state index in [-0.39, 0.29) is 0 Å². The van der Waals surface area contributed by atoms with Crippen molar-refractivity contribution in [2.75, 3.05) is 0 Å². The first-order valence-corrected chi connectivity index (χ1v) is 3.43. The zero-order chi connectivity index (χ0) is 7.56. The zero-order valence-electron chi connectivity index (χ0n) is 6.52. The van der Waals surface area contributed by atoms with Gasteiger partial charge in [-0.25, -0.2) is 0 Å². The first kappa shape index (κ1) is 7.14. The normalized spacial score (nSPS) is 9.30. The van der Waals surface area contributed by atoms with E-state index in [1.807, 2.05) is 6.08 Å². The van der Waals surface area contributed by atoms with Crippen molar-refractivity contribution in [2.45, 2.75) is 6.92 Å². The van der Waals surface area contributed by atoms with Crippen LogP contribution >= 0.6 is 0 Å². The minimum atomic E-state index is 1.21. The van der Waals surface area contributed by atoms with Gasteiger partial charge in [0.05, 0.1) is 0 Å². The second-order valence-electron chi connectivity index (χ2n) is 2.63. The summed E-state index contributed by atoms with van der Waals surface area (Å²) in [5.41, 5.74) is 3.81. The molecule has 0 radical (unpaired) electrons. The van der Waals surface area contributed by atoms with Gasteiger partial charge in [-0.05, 0) is 12.5 Å². The molecule has 0 aliphatic rings. The second-order valence-corrected chi connectivity index (χ2v) is 2.63. The lowest BCUT2D eigenvalue weighted by Crippen LogP contribution is -2.02. The van der Waals surface area contributed by atoms with Gasteiger partial charge >= 0.3 is 0 Å². The molecule has 0 unspecified atom stereocenters. The highest BCUT2D eigenvalue weighted by atomic mass is 13.9. The molecule has 1 aromatic carbocycles. The Morgan fingerprint density at radius 2 is 2.10 bits per heavy atom. The van der Waals surface area contributed by atoms with Gasteiger partial charge in [-0.3, -0.25) is 0 Å². The van der Waals surface area contributed by atoms with Gasteiger partial charge < -0.3 is 0 Å². The van der Waals surface area contributed by atoms with Crippen LogP contribution in [0.1, 0.15) is 11.1 Å². The van der Waals surface area contributed by atoms with Crippen LogP contribution in [0.5, 0.6) is 0 Å². The molecule has 0 aromatic heterocycles. The number of hydrogen-bond donors (Lipinski definition) is 0. The van der Waals surface area contributed by atoms with Crippen LogP contribution in [0, 0.1) is 6.92 Å². The molecule has 0 nitrogen and oxygen atoms in total. The Labute approximate surface area is 63.0 Å². The van der Waals surface area contributed by atoms with Gasteiger partial charge in [0.25, 0.3) is 0 Å². The summed E-state index contributed by atoms with van der Waals surface area (Å²) in [6, 6.07) is 6.41. The summed E-state index contributed by atoms with van der Waals surface area (Å²) in [5, 5.41) is 0. The molecule has 0 aliphatic carbocycles. The molecule has 0 amide bonds. The molecule has 0 atom stereocenters. The smallest absolute Gasteiger partial charge is 0.0985 e. The van der Waals surface area contributed by atoms with Crippen LogP contribution in [0.15, 0.2) is 24.8 Å². The molecular formula is C9H11B. The molecule has 1 heteroatoms. The molecule has 0 saturated carbocycles. The largest absolute Gasteiger partial charge is 0.139 e. The zero-order valence-corrected chi connectivity index (χ0v) is 6.52. The van der Waals surface area contributed by atoms with Crippen molar-refractivity contribution in [3.63, 3.8) is 0 Å². The lowest BCUT2D eigenvalue weighted by molar-refractivity contribution is 1.48. The number of hydrogen-bond acceptors (Lipinski definition) is 0. The van der Waals surface area contributed by atoms with Crippen LogP contribution in [0.3, 0.4) is 0 Å². The maximum absolute atomic E-state index is 3.71. The van der Waals surface area contributed by atoms with Crippen molar-refractivity contribution >= 4 is 19.4 Å². The fraction of sp³-hybridized carbons (Fsp3) is 0.111. The van der Waals surface area contributed by atoms with Crippen LogP contribution < -0.4 is 5.46 Å². The lowest BCUT2D eigenvalue weighted by Gasteiger charge is -1.98. The van der Waals surface area contributed by atoms with E-state index >= 15 is 0 Å². The molecule has 0 N–H and O–H groups in total. The molecular weight excluding hydrogens is 119 g/mol. The highest BCUT2D eigenvalue weighted by molar-refractivity contribution is 6.32. The highest BCUT2D eigenvalue weighted by Crippen LogP contribution is 2.01. The number of rotatable bonds is 1. The van der Waals surface area contributed by atoms with E-state index in [1.165, 1.54) is 16.6 Å². The predicted molar refractivity (Wildman–Crippen MR) is 49.4 cm³/mol. The molecule has 0 fully saturated rings. The summed E-state index contributed by atoms with van der Waals surface area (Å²) in [6.07, 6.45) is 1.88. The fourth-order valence-corrected chi connectivity index (χ4v) is 1.13. The molecule has 0 bridgehead atoms. The molecule has 50 valence electrons. The second kappa shape index (κ2) is 2.74. The van der Waals surface area contributed by atoms with Crippen LogP contribution in [0.25, 0.3) is 6.08 Å². The molecule has 0 saturated heterocycles. The van der Waals surface area contributed by atoms with Crippen molar-refractivity contribution in [3.05, 3.63) is 35.9 Å². The summed E-state index contributed by atoms with van der Waals surface area (Å²) >= 11 is 0. The lowest BCUT2D eigenvalue weighted by atomic mass is 9.92. The Balaban J connectivity index is 3.18. The Kier molecular flexibility index (Phi) is 1.95. The molecule has 10 heavy (non-hydrogen) atoms. The third-order valence-electron chi connectivity index (χ3n) is 1.48. The summed E-state index contributed by atoms with van der Waals surface area (Å²) in [7, 11) is 2.10. The van der Waals surface area contributed by atoms with Gasteiger partial charge in [0.1, 0.15) is 7.85 Å². The van der Waals surface area contributed by atoms with Crippen LogP contribution in [0.2, 0.25) is 0 Å². The van der Waals surface area contributed by atoms with Crippen molar-refractivity contribution in [1.29, 1.82) is 0 Å². The van der Waals surface area contributed by atoms with Crippen molar-refractivity contribution in [1.82, 2.24) is 0 Å². The molecule has 0 aliphatic heterocycles. The monoisotopic (exact) mass is 130 g/mol. The predicted octanol–water partition coefficient (Wildman–Crippen LogP) is 0.896. The summed E-state index contributed by atoms with van der Waals surface area (Å²) in [6.45, 7) is 5.81. The van der Waals surface area contributed by atoms with Gasteiger partial charge in [0.2, 0.25) is 0 Å². The van der Waals surface area contributed by atoms with E-state index in [2.05, 4.69) is 39.5 Å². The van der Waals surface area contributed by atoms with Gasteiger partial charge in [0.15, 0.2) is 0 Å². The highest BCUT2D eigenvalue weighted by Gasteiger charge is 1.89. The number of aryl methyl sites for hydroxylation is 1. The minimum Gasteiger partial charge on any atom is -0.0985 e. The first-order chi connectivity index (χ1) is 4.72. The summed E-state index contributed by atoms with van der Waals surface area (Å²) < 4.78 is 0. The minimum absolute atomic E-state index is 1.21. The summed E-state index contributed by atoms with van der Waals surface area (Å²) in [5.74, 6) is 0. The van der Waals surface area contributed by atoms with Gasteiger partial charge in [-0.2, -0.15) is 0 Å². The Bertz CT molecular complexity index is 231. The molecule has 0 heterocycles.